The van der Waals surface area contributed by atoms with Gasteiger partial charge in [0.2, 0.25) is 0 Å². The maximum atomic E-state index is 10.1. The van der Waals surface area contributed by atoms with Gasteiger partial charge in [-0.15, -0.1) is 0 Å². The molecule has 0 aromatic heterocycles. The summed E-state index contributed by atoms with van der Waals surface area (Å²) in [6.45, 7) is 6.52. The van der Waals surface area contributed by atoms with Crippen molar-refractivity contribution in [3.8, 4) is 11.5 Å². The SMILES string of the molecule is CCCCc1cc(C(C)c2ccc(O)c(CCCC)c2)ccc1O. The molecule has 0 aliphatic rings. The molecule has 0 fully saturated rings. The van der Waals surface area contributed by atoms with Crippen molar-refractivity contribution < 1.29 is 10.2 Å². The summed E-state index contributed by atoms with van der Waals surface area (Å²) in [5, 5.41) is 20.1. The van der Waals surface area contributed by atoms with E-state index >= 15 is 0 Å². The Morgan fingerprint density at radius 3 is 1.54 bits per heavy atom. The summed E-state index contributed by atoms with van der Waals surface area (Å²) in [6.07, 6.45) is 6.26. The molecule has 0 saturated carbocycles. The van der Waals surface area contributed by atoms with Crippen molar-refractivity contribution in [1.29, 1.82) is 0 Å². The number of phenols is 2. The van der Waals surface area contributed by atoms with Gasteiger partial charge in [-0.3, -0.25) is 0 Å². The molecule has 0 amide bonds. The van der Waals surface area contributed by atoms with E-state index in [0.29, 0.717) is 11.5 Å². The lowest BCUT2D eigenvalue weighted by molar-refractivity contribution is 0.466. The summed E-state index contributed by atoms with van der Waals surface area (Å²) in [5.41, 5.74) is 4.49. The third kappa shape index (κ3) is 4.53. The molecule has 130 valence electrons. The van der Waals surface area contributed by atoms with Crippen LogP contribution < -0.4 is 0 Å². The molecular weight excluding hydrogens is 296 g/mol. The highest BCUT2D eigenvalue weighted by Gasteiger charge is 2.13. The van der Waals surface area contributed by atoms with Crippen molar-refractivity contribution in [1.82, 2.24) is 0 Å². The maximum absolute atomic E-state index is 10.1. The normalized spacial score (nSPS) is 11.2. The van der Waals surface area contributed by atoms with E-state index in [0.717, 1.165) is 49.7 Å². The Labute approximate surface area is 146 Å². The Morgan fingerprint density at radius 2 is 1.17 bits per heavy atom. The van der Waals surface area contributed by atoms with Crippen LogP contribution in [-0.4, -0.2) is 10.2 Å². The number of hydrogen-bond acceptors (Lipinski definition) is 2. The van der Waals surface area contributed by atoms with Crippen molar-refractivity contribution >= 4 is 0 Å². The second-order valence-corrected chi connectivity index (χ2v) is 6.71. The minimum Gasteiger partial charge on any atom is -0.508 e. The lowest BCUT2D eigenvalue weighted by Crippen LogP contribution is -1.99. The number of aryl methyl sites for hydroxylation is 2. The summed E-state index contributed by atoms with van der Waals surface area (Å²) in [7, 11) is 0. The molecule has 0 spiro atoms. The lowest BCUT2D eigenvalue weighted by atomic mass is 9.89. The van der Waals surface area contributed by atoms with Gasteiger partial charge in [-0.25, -0.2) is 0 Å². The predicted molar refractivity (Wildman–Crippen MR) is 101 cm³/mol. The highest BCUT2D eigenvalue weighted by molar-refractivity contribution is 5.44. The van der Waals surface area contributed by atoms with Gasteiger partial charge in [0.25, 0.3) is 0 Å². The van der Waals surface area contributed by atoms with Crippen LogP contribution in [-0.2, 0) is 12.8 Å². The van der Waals surface area contributed by atoms with E-state index in [-0.39, 0.29) is 5.92 Å². The summed E-state index contributed by atoms with van der Waals surface area (Å²) in [4.78, 5) is 0. The average Bonchev–Trinajstić information content (AvgIpc) is 2.59. The Balaban J connectivity index is 2.26. The molecule has 0 unspecified atom stereocenters. The first-order valence-corrected chi connectivity index (χ1v) is 9.20. The highest BCUT2D eigenvalue weighted by Crippen LogP contribution is 2.31. The zero-order valence-electron chi connectivity index (χ0n) is 15.2. The molecular formula is C22H30O2. The van der Waals surface area contributed by atoms with Crippen molar-refractivity contribution in [2.24, 2.45) is 0 Å². The highest BCUT2D eigenvalue weighted by atomic mass is 16.3. The van der Waals surface area contributed by atoms with Crippen molar-refractivity contribution in [2.45, 2.75) is 65.2 Å². The van der Waals surface area contributed by atoms with Crippen molar-refractivity contribution in [3.05, 3.63) is 58.7 Å². The molecule has 2 N–H and O–H groups in total. The zero-order valence-corrected chi connectivity index (χ0v) is 15.2. The molecule has 0 atom stereocenters. The van der Waals surface area contributed by atoms with Gasteiger partial charge in [0.1, 0.15) is 11.5 Å². The van der Waals surface area contributed by atoms with E-state index in [1.165, 1.54) is 11.1 Å². The number of hydrogen-bond donors (Lipinski definition) is 2. The van der Waals surface area contributed by atoms with Gasteiger partial charge < -0.3 is 10.2 Å². The number of phenolic OH excluding ortho intramolecular Hbond substituents is 2. The number of rotatable bonds is 8. The second-order valence-electron chi connectivity index (χ2n) is 6.71. The smallest absolute Gasteiger partial charge is 0.118 e. The quantitative estimate of drug-likeness (QED) is 0.630. The van der Waals surface area contributed by atoms with Crippen LogP contribution in [0.5, 0.6) is 11.5 Å². The summed E-state index contributed by atoms with van der Waals surface area (Å²) in [6, 6.07) is 11.9. The number of benzene rings is 2. The van der Waals surface area contributed by atoms with Crippen LogP contribution >= 0.6 is 0 Å². The summed E-state index contributed by atoms with van der Waals surface area (Å²) < 4.78 is 0. The second kappa shape index (κ2) is 8.77. The first-order valence-electron chi connectivity index (χ1n) is 9.20. The Hall–Kier alpha value is -1.96. The fourth-order valence-corrected chi connectivity index (χ4v) is 3.08. The molecule has 0 bridgehead atoms. The third-order valence-corrected chi connectivity index (χ3v) is 4.81. The predicted octanol–water partition coefficient (Wildman–Crippen LogP) is 5.93. The van der Waals surface area contributed by atoms with Crippen molar-refractivity contribution in [3.63, 3.8) is 0 Å². The van der Waals surface area contributed by atoms with Gasteiger partial charge in [-0.1, -0.05) is 57.9 Å². The molecule has 0 aliphatic heterocycles. The molecule has 2 nitrogen and oxygen atoms in total. The van der Waals surface area contributed by atoms with Crippen molar-refractivity contribution in [2.75, 3.05) is 0 Å². The van der Waals surface area contributed by atoms with Gasteiger partial charge in [-0.05, 0) is 60.1 Å². The summed E-state index contributed by atoms with van der Waals surface area (Å²) in [5.74, 6) is 1.04. The van der Waals surface area contributed by atoms with Crippen LogP contribution in [0.3, 0.4) is 0 Å². The molecule has 0 heterocycles. The van der Waals surface area contributed by atoms with E-state index in [4.69, 9.17) is 0 Å². The Morgan fingerprint density at radius 1 is 0.750 bits per heavy atom. The van der Waals surface area contributed by atoms with E-state index in [1.54, 1.807) is 0 Å². The standard InChI is InChI=1S/C22H30O2/c1-4-6-8-19-14-17(10-12-21(19)23)16(3)18-11-13-22(24)20(15-18)9-7-5-2/h10-16,23-24H,4-9H2,1-3H3. The third-order valence-electron chi connectivity index (χ3n) is 4.81. The fourth-order valence-electron chi connectivity index (χ4n) is 3.08. The molecule has 2 rings (SSSR count). The molecule has 2 heteroatoms. The van der Waals surface area contributed by atoms with E-state index in [1.807, 2.05) is 24.3 Å². The molecule has 0 saturated heterocycles. The first-order chi connectivity index (χ1) is 11.6. The number of unbranched alkanes of at least 4 members (excludes halogenated alkanes) is 2. The van der Waals surface area contributed by atoms with Gasteiger partial charge in [0.05, 0.1) is 0 Å². The van der Waals surface area contributed by atoms with Crippen LogP contribution in [0.1, 0.15) is 74.6 Å². The van der Waals surface area contributed by atoms with Crippen LogP contribution in [0.2, 0.25) is 0 Å². The largest absolute Gasteiger partial charge is 0.508 e. The molecule has 24 heavy (non-hydrogen) atoms. The lowest BCUT2D eigenvalue weighted by Gasteiger charge is -2.16. The number of aromatic hydroxyl groups is 2. The minimum absolute atomic E-state index is 0.243. The summed E-state index contributed by atoms with van der Waals surface area (Å²) >= 11 is 0. The van der Waals surface area contributed by atoms with E-state index in [2.05, 4.69) is 32.9 Å². The molecule has 0 aliphatic carbocycles. The van der Waals surface area contributed by atoms with Crippen LogP contribution in [0, 0.1) is 0 Å². The van der Waals surface area contributed by atoms with Gasteiger partial charge >= 0.3 is 0 Å². The van der Waals surface area contributed by atoms with Gasteiger partial charge in [0, 0.05) is 5.92 Å². The Bertz CT molecular complexity index is 604. The zero-order chi connectivity index (χ0) is 17.5. The fraction of sp³-hybridized carbons (Fsp3) is 0.455. The van der Waals surface area contributed by atoms with E-state index < -0.39 is 0 Å². The molecule has 0 radical (unpaired) electrons. The van der Waals surface area contributed by atoms with Gasteiger partial charge in [0.15, 0.2) is 0 Å². The maximum Gasteiger partial charge on any atom is 0.118 e. The van der Waals surface area contributed by atoms with E-state index in [9.17, 15) is 10.2 Å². The monoisotopic (exact) mass is 326 g/mol. The molecule has 2 aromatic rings. The van der Waals surface area contributed by atoms with Gasteiger partial charge in [-0.2, -0.15) is 0 Å². The average molecular weight is 326 g/mol. The van der Waals surface area contributed by atoms with Crippen LogP contribution in [0.4, 0.5) is 0 Å². The molecule has 2 aromatic carbocycles. The van der Waals surface area contributed by atoms with Crippen LogP contribution in [0.25, 0.3) is 0 Å². The van der Waals surface area contributed by atoms with Crippen LogP contribution in [0.15, 0.2) is 36.4 Å². The topological polar surface area (TPSA) is 40.5 Å². The first kappa shape index (κ1) is 18.4. The minimum atomic E-state index is 0.243. The Kier molecular flexibility index (Phi) is 6.72.